The number of ether oxygens (including phenoxy) is 1. The number of unbranched alkanes of at least 4 members (excludes halogenated alkanes) is 2. The van der Waals surface area contributed by atoms with E-state index in [4.69, 9.17) is 10.5 Å². The molecule has 1 aliphatic heterocycles. The Balaban J connectivity index is 1.61. The molecule has 1 aromatic carbocycles. The smallest absolute Gasteiger partial charge is 0.246 e. The maximum Gasteiger partial charge on any atom is 0.246 e. The third kappa shape index (κ3) is 6.36. The zero-order valence-corrected chi connectivity index (χ0v) is 22.7. The van der Waals surface area contributed by atoms with Gasteiger partial charge in [0.2, 0.25) is 11.8 Å². The van der Waals surface area contributed by atoms with Gasteiger partial charge in [-0.2, -0.15) is 0 Å². The lowest BCUT2D eigenvalue weighted by atomic mass is 9.65. The number of primary amides is 1. The van der Waals surface area contributed by atoms with Gasteiger partial charge in [0, 0.05) is 31.1 Å². The lowest BCUT2D eigenvalue weighted by Crippen LogP contribution is -2.67. The first-order chi connectivity index (χ1) is 18.0. The first-order valence-corrected chi connectivity index (χ1v) is 14.2. The molecule has 1 saturated carbocycles. The Bertz CT molecular complexity index is 1030. The van der Waals surface area contributed by atoms with Gasteiger partial charge in [-0.3, -0.25) is 9.59 Å². The number of nitrogens with two attached hydrogens (primary N) is 1. The molecule has 1 aliphatic carbocycles. The van der Waals surface area contributed by atoms with Crippen molar-refractivity contribution in [1.82, 2.24) is 14.5 Å². The molecule has 2 N–H and O–H groups in total. The molecule has 2 aromatic rings. The molecular weight excluding hydrogens is 464 g/mol. The third-order valence-electron chi connectivity index (χ3n) is 8.67. The number of carbonyl (C=O) groups is 2. The molecule has 2 amide bonds. The van der Waals surface area contributed by atoms with E-state index in [1.165, 1.54) is 51.4 Å². The van der Waals surface area contributed by atoms with Crippen molar-refractivity contribution in [2.45, 2.75) is 102 Å². The van der Waals surface area contributed by atoms with Crippen LogP contribution in [0.25, 0.3) is 0 Å². The van der Waals surface area contributed by atoms with Crippen molar-refractivity contribution in [1.29, 1.82) is 0 Å². The number of hydrogen-bond donors (Lipinski definition) is 1. The molecule has 202 valence electrons. The van der Waals surface area contributed by atoms with E-state index in [9.17, 15) is 9.59 Å². The van der Waals surface area contributed by atoms with Crippen molar-refractivity contribution in [3.63, 3.8) is 0 Å². The van der Waals surface area contributed by atoms with Crippen LogP contribution in [0.1, 0.15) is 94.9 Å². The van der Waals surface area contributed by atoms with Gasteiger partial charge in [-0.1, -0.05) is 57.6 Å². The van der Waals surface area contributed by atoms with E-state index >= 15 is 0 Å². The minimum absolute atomic E-state index is 0.000210. The topological polar surface area (TPSA) is 90.4 Å². The summed E-state index contributed by atoms with van der Waals surface area (Å²) in [5.74, 6) is 1.26. The average molecular weight is 509 g/mol. The number of nitrogens with zero attached hydrogens (tertiary/aromatic N) is 3. The summed E-state index contributed by atoms with van der Waals surface area (Å²) in [5, 5.41) is 0. The van der Waals surface area contributed by atoms with E-state index < -0.39 is 0 Å². The predicted octanol–water partition coefficient (Wildman–Crippen LogP) is 5.23. The Morgan fingerprint density at radius 1 is 1.16 bits per heavy atom. The average Bonchev–Trinajstić information content (AvgIpc) is 3.37. The molecule has 4 rings (SSSR count). The molecule has 2 atom stereocenters. The quantitative estimate of drug-likeness (QED) is 0.375. The summed E-state index contributed by atoms with van der Waals surface area (Å²) in [4.78, 5) is 32.5. The number of aromatic nitrogens is 2. The summed E-state index contributed by atoms with van der Waals surface area (Å²) >= 11 is 0. The van der Waals surface area contributed by atoms with Crippen molar-refractivity contribution < 1.29 is 14.3 Å². The van der Waals surface area contributed by atoms with Gasteiger partial charge < -0.3 is 19.9 Å². The Hall–Kier alpha value is -2.83. The van der Waals surface area contributed by atoms with Gasteiger partial charge in [-0.25, -0.2) is 4.98 Å². The van der Waals surface area contributed by atoms with Gasteiger partial charge >= 0.3 is 0 Å². The SMILES string of the molecule is CCCCC[C@]1(C2CCCCC2)CCN1C(=O)[C@@H](Cc1ccc(OC)cc1)n1cnc(CCC(N)=O)c1. The number of imidazole rings is 1. The molecule has 0 unspecified atom stereocenters. The van der Waals surface area contributed by atoms with Crippen LogP contribution in [0.2, 0.25) is 0 Å². The molecule has 7 nitrogen and oxygen atoms in total. The van der Waals surface area contributed by atoms with Crippen LogP contribution in [0.5, 0.6) is 5.75 Å². The molecule has 0 radical (unpaired) electrons. The first kappa shape index (κ1) is 27.2. The van der Waals surface area contributed by atoms with Gasteiger partial charge in [0.15, 0.2) is 0 Å². The largest absolute Gasteiger partial charge is 0.497 e. The van der Waals surface area contributed by atoms with Crippen LogP contribution in [-0.2, 0) is 22.4 Å². The Labute approximate surface area is 221 Å². The molecule has 0 spiro atoms. The highest BCUT2D eigenvalue weighted by atomic mass is 16.5. The molecule has 1 saturated heterocycles. The molecular formula is C30H44N4O3. The number of hydrogen-bond acceptors (Lipinski definition) is 4. The highest BCUT2D eigenvalue weighted by Gasteiger charge is 2.52. The summed E-state index contributed by atoms with van der Waals surface area (Å²) < 4.78 is 7.29. The van der Waals surface area contributed by atoms with Crippen molar-refractivity contribution >= 4 is 11.8 Å². The molecule has 2 fully saturated rings. The highest BCUT2D eigenvalue weighted by molar-refractivity contribution is 5.82. The van der Waals surface area contributed by atoms with E-state index in [0.717, 1.165) is 36.4 Å². The van der Waals surface area contributed by atoms with Gasteiger partial charge in [-0.05, 0) is 55.7 Å². The molecule has 2 aliphatic rings. The van der Waals surface area contributed by atoms with Crippen LogP contribution in [0, 0.1) is 5.92 Å². The Morgan fingerprint density at radius 2 is 1.92 bits per heavy atom. The van der Waals surface area contributed by atoms with E-state index in [1.807, 2.05) is 35.0 Å². The van der Waals surface area contributed by atoms with Crippen molar-refractivity contribution in [2.75, 3.05) is 13.7 Å². The first-order valence-electron chi connectivity index (χ1n) is 14.2. The maximum absolute atomic E-state index is 14.4. The fraction of sp³-hybridized carbons (Fsp3) is 0.633. The molecule has 1 aromatic heterocycles. The molecule has 0 bridgehead atoms. The van der Waals surface area contributed by atoms with Crippen LogP contribution in [0.3, 0.4) is 0 Å². The Morgan fingerprint density at radius 3 is 2.54 bits per heavy atom. The predicted molar refractivity (Wildman–Crippen MR) is 145 cm³/mol. The van der Waals surface area contributed by atoms with Gasteiger partial charge in [0.05, 0.1) is 19.1 Å². The van der Waals surface area contributed by atoms with Gasteiger partial charge in [-0.15, -0.1) is 0 Å². The minimum Gasteiger partial charge on any atom is -0.497 e. The summed E-state index contributed by atoms with van der Waals surface area (Å²) in [7, 11) is 1.66. The van der Waals surface area contributed by atoms with E-state index in [2.05, 4.69) is 16.8 Å². The second kappa shape index (κ2) is 12.6. The van der Waals surface area contributed by atoms with Crippen LogP contribution in [0.4, 0.5) is 0 Å². The van der Waals surface area contributed by atoms with Gasteiger partial charge in [0.1, 0.15) is 11.8 Å². The van der Waals surface area contributed by atoms with E-state index in [0.29, 0.717) is 18.8 Å². The minimum atomic E-state index is -0.377. The standard InChI is InChI=1S/C30H44N4O3/c1-3-4-8-17-30(24-9-6-5-7-10-24)18-19-34(30)29(36)27(20-23-11-14-26(37-2)15-12-23)33-21-25(32-22-33)13-16-28(31)35/h11-12,14-15,21-22,24,27H,3-10,13,16-20H2,1-2H3,(H2,31,35)/t27-,30-/m1/s1. The second-order valence-electron chi connectivity index (χ2n) is 11.0. The zero-order valence-electron chi connectivity index (χ0n) is 22.7. The lowest BCUT2D eigenvalue weighted by Gasteiger charge is -2.59. The van der Waals surface area contributed by atoms with Crippen LogP contribution in [-0.4, -0.2) is 45.5 Å². The number of likely N-dealkylation sites (tertiary alicyclic amines) is 1. The van der Waals surface area contributed by atoms with Crippen LogP contribution in [0.15, 0.2) is 36.8 Å². The summed E-state index contributed by atoms with van der Waals surface area (Å²) in [5.41, 5.74) is 7.23. The molecule has 7 heteroatoms. The summed E-state index contributed by atoms with van der Waals surface area (Å²) in [6.07, 6.45) is 17.2. The fourth-order valence-electron chi connectivity index (χ4n) is 6.47. The van der Waals surface area contributed by atoms with Crippen molar-refractivity contribution in [3.05, 3.63) is 48.0 Å². The van der Waals surface area contributed by atoms with Crippen LogP contribution >= 0.6 is 0 Å². The van der Waals surface area contributed by atoms with Crippen molar-refractivity contribution in [3.8, 4) is 5.75 Å². The zero-order chi connectivity index (χ0) is 26.3. The second-order valence-corrected chi connectivity index (χ2v) is 11.0. The number of rotatable bonds is 13. The van der Waals surface area contributed by atoms with Crippen molar-refractivity contribution in [2.24, 2.45) is 11.7 Å². The fourth-order valence-corrected chi connectivity index (χ4v) is 6.47. The Kier molecular flexibility index (Phi) is 9.28. The highest BCUT2D eigenvalue weighted by Crippen LogP contribution is 2.48. The maximum atomic E-state index is 14.4. The van der Waals surface area contributed by atoms with E-state index in [-0.39, 0.29) is 29.8 Å². The monoisotopic (exact) mass is 508 g/mol. The lowest BCUT2D eigenvalue weighted by molar-refractivity contribution is -0.160. The number of methoxy groups -OCH3 is 1. The number of amides is 2. The molecule has 2 heterocycles. The summed E-state index contributed by atoms with van der Waals surface area (Å²) in [6, 6.07) is 7.59. The summed E-state index contributed by atoms with van der Waals surface area (Å²) in [6.45, 7) is 3.08. The van der Waals surface area contributed by atoms with E-state index in [1.54, 1.807) is 13.4 Å². The number of aryl methyl sites for hydroxylation is 1. The third-order valence-corrected chi connectivity index (χ3v) is 8.67. The molecule has 37 heavy (non-hydrogen) atoms. The normalized spacial score (nSPS) is 20.9. The number of carbonyl (C=O) groups excluding carboxylic acids is 2. The number of benzene rings is 1. The van der Waals surface area contributed by atoms with Crippen LogP contribution < -0.4 is 10.5 Å². The van der Waals surface area contributed by atoms with Gasteiger partial charge in [0.25, 0.3) is 0 Å².